The van der Waals surface area contributed by atoms with Crippen LogP contribution in [0.1, 0.15) is 45.6 Å². The van der Waals surface area contributed by atoms with Gasteiger partial charge in [0.1, 0.15) is 0 Å². The minimum atomic E-state index is -0.926. The highest BCUT2D eigenvalue weighted by atomic mass is 16.7. The summed E-state index contributed by atoms with van der Waals surface area (Å²) >= 11 is 0. The van der Waals surface area contributed by atoms with Gasteiger partial charge < -0.3 is 14.4 Å². The monoisotopic (exact) mass is 328 g/mol. The quantitative estimate of drug-likeness (QED) is 0.869. The fraction of sp³-hybridized carbons (Fsp3) is 0.471. The fourth-order valence-corrected chi connectivity index (χ4v) is 2.73. The predicted molar refractivity (Wildman–Crippen MR) is 90.6 cm³/mol. The summed E-state index contributed by atoms with van der Waals surface area (Å²) in [5.41, 5.74) is 0.998. The van der Waals surface area contributed by atoms with E-state index in [0.29, 0.717) is 5.69 Å². The van der Waals surface area contributed by atoms with Gasteiger partial charge >= 0.3 is 13.1 Å². The van der Waals surface area contributed by atoms with Crippen LogP contribution in [0, 0.1) is 0 Å². The molecule has 6 nitrogen and oxygen atoms in total. The Bertz CT molecular complexity index is 762. The summed E-state index contributed by atoms with van der Waals surface area (Å²) in [4.78, 5) is 20.3. The summed E-state index contributed by atoms with van der Waals surface area (Å²) in [5, 5.41) is 9.32. The molecule has 0 amide bonds. The number of fused-ring (bicyclic) bond motifs is 1. The number of rotatable bonds is 4. The van der Waals surface area contributed by atoms with E-state index in [2.05, 4.69) is 9.97 Å². The summed E-state index contributed by atoms with van der Waals surface area (Å²) in [5.74, 6) is -1.45. The lowest BCUT2D eigenvalue weighted by molar-refractivity contribution is -0.137. The summed E-state index contributed by atoms with van der Waals surface area (Å²) < 4.78 is 12.1. The molecular formula is C17H21BN2O4. The van der Waals surface area contributed by atoms with Crippen molar-refractivity contribution in [2.45, 2.75) is 51.1 Å². The van der Waals surface area contributed by atoms with E-state index in [9.17, 15) is 9.90 Å². The predicted octanol–water partition coefficient (Wildman–Crippen LogP) is 2.82. The Morgan fingerprint density at radius 3 is 2.33 bits per heavy atom. The van der Waals surface area contributed by atoms with Gasteiger partial charge in [-0.05, 0) is 39.8 Å². The number of carboxylic acid groups (broad SMARTS) is 1. The third-order valence-electron chi connectivity index (χ3n) is 4.84. The molecule has 1 saturated heterocycles. The molecule has 7 heteroatoms. The van der Waals surface area contributed by atoms with Gasteiger partial charge in [0.05, 0.1) is 34.4 Å². The molecule has 2 aromatic rings. The third kappa shape index (κ3) is 3.01. The van der Waals surface area contributed by atoms with E-state index in [0.717, 1.165) is 11.0 Å². The first kappa shape index (κ1) is 16.9. The molecule has 0 spiro atoms. The minimum absolute atomic E-state index is 0.135. The normalized spacial score (nSPS) is 20.2. The Kier molecular flexibility index (Phi) is 4.09. The molecule has 1 atom stereocenters. The molecule has 1 aliphatic heterocycles. The molecule has 126 valence electrons. The molecule has 1 aromatic carbocycles. The molecule has 0 saturated carbocycles. The Morgan fingerprint density at radius 2 is 1.75 bits per heavy atom. The standard InChI is InChI=1S/C17H21BN2O4/c1-16(2)17(3,4)24-18(23-16)11(9-15(21)22)14-10-19-12-7-5-6-8-13(12)20-14/h5-8,10-11H,9H2,1-4H3,(H,21,22). The number of nitrogens with zero attached hydrogens (tertiary/aromatic N) is 2. The van der Waals surface area contributed by atoms with Gasteiger partial charge in [0.25, 0.3) is 0 Å². The maximum Gasteiger partial charge on any atom is 0.468 e. The van der Waals surface area contributed by atoms with Crippen molar-refractivity contribution in [3.05, 3.63) is 36.2 Å². The SMILES string of the molecule is CC1(C)OB(C(CC(=O)O)c2cnc3ccccc3n2)OC1(C)C. The molecule has 3 rings (SSSR count). The lowest BCUT2D eigenvalue weighted by Gasteiger charge is -2.32. The third-order valence-corrected chi connectivity index (χ3v) is 4.84. The average molecular weight is 328 g/mol. The van der Waals surface area contributed by atoms with E-state index in [1.54, 1.807) is 6.20 Å². The number of aromatic nitrogens is 2. The maximum absolute atomic E-state index is 11.4. The number of benzene rings is 1. The second-order valence-electron chi connectivity index (χ2n) is 7.11. The van der Waals surface area contributed by atoms with Crippen molar-refractivity contribution in [1.82, 2.24) is 9.97 Å². The van der Waals surface area contributed by atoms with Crippen LogP contribution in [0.25, 0.3) is 11.0 Å². The molecule has 0 aliphatic carbocycles. The highest BCUT2D eigenvalue weighted by molar-refractivity contribution is 6.48. The smallest absolute Gasteiger partial charge is 0.468 e. The van der Waals surface area contributed by atoms with Crippen molar-refractivity contribution in [2.75, 3.05) is 0 Å². The number of hydrogen-bond acceptors (Lipinski definition) is 5. The van der Waals surface area contributed by atoms with Crippen molar-refractivity contribution >= 4 is 24.1 Å². The van der Waals surface area contributed by atoms with Crippen LogP contribution >= 0.6 is 0 Å². The summed E-state index contributed by atoms with van der Waals surface area (Å²) in [6, 6.07) is 7.49. The number of carboxylic acids is 1. The average Bonchev–Trinajstić information content (AvgIpc) is 2.72. The second kappa shape index (κ2) is 5.83. The molecule has 0 radical (unpaired) electrons. The Hall–Kier alpha value is -1.99. The van der Waals surface area contributed by atoms with Gasteiger partial charge in [-0.3, -0.25) is 9.78 Å². The van der Waals surface area contributed by atoms with Gasteiger partial charge in [0, 0.05) is 12.0 Å². The Morgan fingerprint density at radius 1 is 1.17 bits per heavy atom. The van der Waals surface area contributed by atoms with Crippen molar-refractivity contribution in [2.24, 2.45) is 0 Å². The molecular weight excluding hydrogens is 307 g/mol. The first-order valence-corrected chi connectivity index (χ1v) is 7.99. The zero-order valence-electron chi connectivity index (χ0n) is 14.3. The van der Waals surface area contributed by atoms with E-state index >= 15 is 0 Å². The summed E-state index contributed by atoms with van der Waals surface area (Å²) in [6.07, 6.45) is 1.48. The molecule has 1 unspecified atom stereocenters. The molecule has 0 bridgehead atoms. The highest BCUT2D eigenvalue weighted by Gasteiger charge is 2.54. The fourth-order valence-electron chi connectivity index (χ4n) is 2.73. The van der Waals surface area contributed by atoms with Gasteiger partial charge in [0.2, 0.25) is 0 Å². The van der Waals surface area contributed by atoms with E-state index in [1.165, 1.54) is 0 Å². The van der Waals surface area contributed by atoms with Crippen LogP contribution in [0.5, 0.6) is 0 Å². The first-order valence-electron chi connectivity index (χ1n) is 7.99. The Balaban J connectivity index is 1.98. The molecule has 24 heavy (non-hydrogen) atoms. The molecule has 1 aliphatic rings. The number of para-hydroxylation sites is 2. The zero-order valence-corrected chi connectivity index (χ0v) is 14.3. The number of carbonyl (C=O) groups is 1. The van der Waals surface area contributed by atoms with Crippen LogP contribution in [0.15, 0.2) is 30.5 Å². The zero-order chi connectivity index (χ0) is 17.5. The van der Waals surface area contributed by atoms with E-state index in [-0.39, 0.29) is 6.42 Å². The number of hydrogen-bond donors (Lipinski definition) is 1. The molecule has 1 aromatic heterocycles. The van der Waals surface area contributed by atoms with Crippen molar-refractivity contribution in [3.8, 4) is 0 Å². The van der Waals surface area contributed by atoms with E-state index < -0.39 is 30.1 Å². The summed E-state index contributed by atoms with van der Waals surface area (Å²) in [6.45, 7) is 7.77. The van der Waals surface area contributed by atoms with Crippen LogP contribution in [-0.2, 0) is 14.1 Å². The van der Waals surface area contributed by atoms with Crippen LogP contribution in [-0.4, -0.2) is 39.4 Å². The van der Waals surface area contributed by atoms with Crippen molar-refractivity contribution < 1.29 is 19.2 Å². The van der Waals surface area contributed by atoms with Crippen LogP contribution in [0.4, 0.5) is 0 Å². The van der Waals surface area contributed by atoms with Gasteiger partial charge in [-0.25, -0.2) is 4.98 Å². The van der Waals surface area contributed by atoms with Crippen molar-refractivity contribution in [1.29, 1.82) is 0 Å². The van der Waals surface area contributed by atoms with Gasteiger partial charge in [-0.15, -0.1) is 0 Å². The number of aliphatic carboxylic acids is 1. The Labute approximate surface area is 141 Å². The lowest BCUT2D eigenvalue weighted by atomic mass is 9.68. The maximum atomic E-state index is 11.4. The van der Waals surface area contributed by atoms with Gasteiger partial charge in [-0.1, -0.05) is 12.1 Å². The minimum Gasteiger partial charge on any atom is -0.481 e. The van der Waals surface area contributed by atoms with Crippen LogP contribution < -0.4 is 0 Å². The first-order chi connectivity index (χ1) is 11.2. The lowest BCUT2D eigenvalue weighted by Crippen LogP contribution is -2.41. The van der Waals surface area contributed by atoms with Crippen LogP contribution in [0.3, 0.4) is 0 Å². The second-order valence-corrected chi connectivity index (χ2v) is 7.11. The van der Waals surface area contributed by atoms with E-state index in [4.69, 9.17) is 9.31 Å². The summed E-state index contributed by atoms with van der Waals surface area (Å²) in [7, 11) is -0.679. The molecule has 2 heterocycles. The van der Waals surface area contributed by atoms with Gasteiger partial charge in [0.15, 0.2) is 0 Å². The van der Waals surface area contributed by atoms with Gasteiger partial charge in [-0.2, -0.15) is 0 Å². The van der Waals surface area contributed by atoms with Crippen molar-refractivity contribution in [3.63, 3.8) is 0 Å². The molecule has 1 fully saturated rings. The highest BCUT2D eigenvalue weighted by Crippen LogP contribution is 2.41. The largest absolute Gasteiger partial charge is 0.481 e. The van der Waals surface area contributed by atoms with Crippen LogP contribution in [0.2, 0.25) is 0 Å². The molecule has 1 N–H and O–H groups in total. The topological polar surface area (TPSA) is 81.5 Å². The van der Waals surface area contributed by atoms with E-state index in [1.807, 2.05) is 52.0 Å².